The van der Waals surface area contributed by atoms with Crippen LogP contribution in [0.3, 0.4) is 0 Å². The van der Waals surface area contributed by atoms with Crippen molar-refractivity contribution < 1.29 is 9.80 Å². The lowest BCUT2D eigenvalue weighted by Crippen LogP contribution is -3.29. The van der Waals surface area contributed by atoms with Crippen LogP contribution in [0.4, 0.5) is 0 Å². The fourth-order valence-corrected chi connectivity index (χ4v) is 4.90. The lowest BCUT2D eigenvalue weighted by atomic mass is 10.00. The highest BCUT2D eigenvalue weighted by atomic mass is 15.6. The second-order valence-electron chi connectivity index (χ2n) is 9.11. The van der Waals surface area contributed by atoms with Gasteiger partial charge in [-0.25, -0.2) is 4.68 Å². The van der Waals surface area contributed by atoms with E-state index < -0.39 is 0 Å². The summed E-state index contributed by atoms with van der Waals surface area (Å²) in [5.74, 6) is 1.12. The zero-order valence-electron chi connectivity index (χ0n) is 17.4. The molecule has 26 heavy (non-hydrogen) atoms. The van der Waals surface area contributed by atoms with E-state index in [0.717, 1.165) is 18.3 Å². The molecule has 1 aliphatic carbocycles. The molecule has 6 heteroatoms. The molecule has 1 aliphatic heterocycles. The summed E-state index contributed by atoms with van der Waals surface area (Å²) in [4.78, 5) is 3.58. The molecule has 2 aliphatic rings. The van der Waals surface area contributed by atoms with Gasteiger partial charge in [0.1, 0.15) is 32.2 Å². The lowest BCUT2D eigenvalue weighted by molar-refractivity contribution is -1.04. The summed E-state index contributed by atoms with van der Waals surface area (Å²) in [6.07, 6.45) is 10.5. The van der Waals surface area contributed by atoms with Gasteiger partial charge in [-0.05, 0) is 62.8 Å². The summed E-state index contributed by atoms with van der Waals surface area (Å²) in [6, 6.07) is 1.39. The molecule has 1 saturated carbocycles. The minimum Gasteiger partial charge on any atom is -0.323 e. The SMILES string of the molecule is CCCC[C@@H](c1nnnn1C(C)(C)CC)[NH+]1CC[NH+](C2CCCC2)CC1. The largest absolute Gasteiger partial charge is 0.323 e. The molecule has 1 atom stereocenters. The fraction of sp³-hybridized carbons (Fsp3) is 0.950. The normalized spacial score (nSPS) is 26.3. The maximum absolute atomic E-state index is 4.53. The van der Waals surface area contributed by atoms with Crippen molar-refractivity contribution in [3.8, 4) is 0 Å². The van der Waals surface area contributed by atoms with Crippen molar-refractivity contribution in [2.75, 3.05) is 26.2 Å². The number of tetrazole rings is 1. The van der Waals surface area contributed by atoms with Gasteiger partial charge in [-0.15, -0.1) is 5.10 Å². The Morgan fingerprint density at radius 1 is 1.12 bits per heavy atom. The molecule has 0 spiro atoms. The van der Waals surface area contributed by atoms with Crippen LogP contribution in [-0.4, -0.2) is 52.4 Å². The molecule has 1 aromatic rings. The number of aromatic nitrogens is 4. The molecule has 2 fully saturated rings. The van der Waals surface area contributed by atoms with Crippen LogP contribution in [-0.2, 0) is 5.54 Å². The van der Waals surface area contributed by atoms with Gasteiger partial charge in [-0.3, -0.25) is 0 Å². The smallest absolute Gasteiger partial charge is 0.209 e. The number of hydrogen-bond acceptors (Lipinski definition) is 3. The van der Waals surface area contributed by atoms with E-state index in [9.17, 15) is 0 Å². The lowest BCUT2D eigenvalue weighted by Gasteiger charge is -2.37. The Kier molecular flexibility index (Phi) is 6.67. The Labute approximate surface area is 159 Å². The Balaban J connectivity index is 1.72. The predicted molar refractivity (Wildman–Crippen MR) is 103 cm³/mol. The molecule has 1 aromatic heterocycles. The molecule has 0 bridgehead atoms. The van der Waals surface area contributed by atoms with E-state index in [0.29, 0.717) is 6.04 Å². The van der Waals surface area contributed by atoms with Gasteiger partial charge in [-0.1, -0.05) is 20.3 Å². The molecule has 0 aromatic carbocycles. The molecule has 2 N–H and O–H groups in total. The number of quaternary nitrogens is 2. The molecule has 2 heterocycles. The molecular weight excluding hydrogens is 324 g/mol. The first-order valence-corrected chi connectivity index (χ1v) is 11.0. The van der Waals surface area contributed by atoms with Crippen molar-refractivity contribution in [2.45, 2.75) is 96.7 Å². The van der Waals surface area contributed by atoms with Gasteiger partial charge < -0.3 is 9.80 Å². The van der Waals surface area contributed by atoms with E-state index in [1.807, 2.05) is 4.90 Å². The number of nitrogens with zero attached hydrogens (tertiary/aromatic N) is 4. The first-order chi connectivity index (χ1) is 12.6. The van der Waals surface area contributed by atoms with Gasteiger partial charge in [0.2, 0.25) is 5.82 Å². The number of unbranched alkanes of at least 4 members (excludes halogenated alkanes) is 1. The minimum absolute atomic E-state index is 0.0142. The highest BCUT2D eigenvalue weighted by molar-refractivity contribution is 4.93. The van der Waals surface area contributed by atoms with Crippen LogP contribution in [0.2, 0.25) is 0 Å². The number of rotatable bonds is 8. The van der Waals surface area contributed by atoms with Crippen LogP contribution in [0, 0.1) is 0 Å². The zero-order chi connectivity index (χ0) is 18.6. The van der Waals surface area contributed by atoms with E-state index >= 15 is 0 Å². The van der Waals surface area contributed by atoms with Crippen molar-refractivity contribution in [3.05, 3.63) is 5.82 Å². The zero-order valence-corrected chi connectivity index (χ0v) is 17.4. The summed E-state index contributed by atoms with van der Waals surface area (Å²) < 4.78 is 2.12. The second-order valence-corrected chi connectivity index (χ2v) is 9.11. The first-order valence-electron chi connectivity index (χ1n) is 11.0. The molecule has 3 rings (SSSR count). The standard InChI is InChI=1S/C20H38N6/c1-5-7-12-18(19-21-22-23-26(19)20(3,4)6-2)25-15-13-24(14-16-25)17-10-8-9-11-17/h17-18H,5-16H2,1-4H3/p+2/t18-/m0/s1. The number of nitrogens with one attached hydrogen (secondary N) is 2. The van der Waals surface area contributed by atoms with Gasteiger partial charge in [0.05, 0.1) is 11.6 Å². The van der Waals surface area contributed by atoms with Crippen LogP contribution in [0.5, 0.6) is 0 Å². The summed E-state index contributed by atoms with van der Waals surface area (Å²) in [5.41, 5.74) is -0.0142. The molecule has 148 valence electrons. The predicted octanol–water partition coefficient (Wildman–Crippen LogP) is 0.776. The van der Waals surface area contributed by atoms with Crippen molar-refractivity contribution >= 4 is 0 Å². The van der Waals surface area contributed by atoms with E-state index in [1.54, 1.807) is 4.90 Å². The van der Waals surface area contributed by atoms with Crippen LogP contribution in [0.15, 0.2) is 0 Å². The van der Waals surface area contributed by atoms with Crippen molar-refractivity contribution in [1.29, 1.82) is 0 Å². The van der Waals surface area contributed by atoms with Gasteiger partial charge in [-0.2, -0.15) is 0 Å². The van der Waals surface area contributed by atoms with Crippen LogP contribution < -0.4 is 9.80 Å². The number of hydrogen-bond donors (Lipinski definition) is 2. The first kappa shape index (κ1) is 19.7. The molecule has 0 amide bonds. The van der Waals surface area contributed by atoms with Gasteiger partial charge in [0.25, 0.3) is 0 Å². The molecule has 6 nitrogen and oxygen atoms in total. The third-order valence-electron chi connectivity index (χ3n) is 7.05. The van der Waals surface area contributed by atoms with E-state index in [1.165, 1.54) is 71.1 Å². The summed E-state index contributed by atoms with van der Waals surface area (Å²) in [6.45, 7) is 14.2. The summed E-state index contributed by atoms with van der Waals surface area (Å²) in [7, 11) is 0. The molecule has 0 radical (unpaired) electrons. The summed E-state index contributed by atoms with van der Waals surface area (Å²) in [5, 5.41) is 13.0. The monoisotopic (exact) mass is 364 g/mol. The maximum atomic E-state index is 4.53. The number of piperazine rings is 1. The third-order valence-corrected chi connectivity index (χ3v) is 7.05. The third kappa shape index (κ3) is 4.28. The molecular formula is C20H40N6+2. The molecule has 0 unspecified atom stereocenters. The van der Waals surface area contributed by atoms with Crippen LogP contribution in [0.1, 0.15) is 90.9 Å². The fourth-order valence-electron chi connectivity index (χ4n) is 4.90. The quantitative estimate of drug-likeness (QED) is 0.717. The van der Waals surface area contributed by atoms with Crippen molar-refractivity contribution in [1.82, 2.24) is 20.2 Å². The van der Waals surface area contributed by atoms with E-state index in [2.05, 4.69) is 47.9 Å². The Hall–Kier alpha value is -1.01. The van der Waals surface area contributed by atoms with Gasteiger partial charge >= 0.3 is 0 Å². The average molecular weight is 365 g/mol. The average Bonchev–Trinajstić information content (AvgIpc) is 3.35. The van der Waals surface area contributed by atoms with Crippen molar-refractivity contribution in [2.24, 2.45) is 0 Å². The van der Waals surface area contributed by atoms with Crippen LogP contribution >= 0.6 is 0 Å². The minimum atomic E-state index is -0.0142. The van der Waals surface area contributed by atoms with E-state index in [-0.39, 0.29) is 5.54 Å². The van der Waals surface area contributed by atoms with Crippen LogP contribution in [0.25, 0.3) is 0 Å². The van der Waals surface area contributed by atoms with Gasteiger partial charge in [0.15, 0.2) is 0 Å². The second kappa shape index (κ2) is 8.79. The Morgan fingerprint density at radius 3 is 2.42 bits per heavy atom. The van der Waals surface area contributed by atoms with Crippen molar-refractivity contribution in [3.63, 3.8) is 0 Å². The maximum Gasteiger partial charge on any atom is 0.209 e. The topological polar surface area (TPSA) is 52.5 Å². The van der Waals surface area contributed by atoms with Gasteiger partial charge in [0, 0.05) is 6.42 Å². The molecule has 1 saturated heterocycles. The highest BCUT2D eigenvalue weighted by Gasteiger charge is 2.38. The Morgan fingerprint density at radius 2 is 1.81 bits per heavy atom. The summed E-state index contributed by atoms with van der Waals surface area (Å²) >= 11 is 0. The highest BCUT2D eigenvalue weighted by Crippen LogP contribution is 2.23. The van der Waals surface area contributed by atoms with E-state index in [4.69, 9.17) is 0 Å². The Bertz CT molecular complexity index is 540.